The summed E-state index contributed by atoms with van der Waals surface area (Å²) in [6, 6.07) is 13.8. The maximum Gasteiger partial charge on any atom is 0.306 e. The Bertz CT molecular complexity index is 932. The second-order valence-corrected chi connectivity index (χ2v) is 11.4. The van der Waals surface area contributed by atoms with Crippen molar-refractivity contribution in [3.05, 3.63) is 47.5 Å². The van der Waals surface area contributed by atoms with Gasteiger partial charge in [0.2, 0.25) is 0 Å². The average molecular weight is 452 g/mol. The third kappa shape index (κ3) is 7.04. The summed E-state index contributed by atoms with van der Waals surface area (Å²) >= 11 is 0. The molecule has 0 amide bonds. The predicted molar refractivity (Wildman–Crippen MR) is 134 cm³/mol. The molecule has 0 spiro atoms. The number of ether oxygens (including phenoxy) is 1. The first kappa shape index (κ1) is 24.2. The van der Waals surface area contributed by atoms with Crippen LogP contribution in [0.4, 0.5) is 0 Å². The number of hydrogen-bond donors (Lipinski definition) is 1. The van der Waals surface area contributed by atoms with Crippen molar-refractivity contribution < 1.29 is 14.6 Å². The number of likely N-dealkylation sites (tertiary alicyclic amines) is 1. The van der Waals surface area contributed by atoms with Crippen LogP contribution in [0.1, 0.15) is 70.4 Å². The van der Waals surface area contributed by atoms with E-state index in [1.54, 1.807) is 0 Å². The number of nitrogens with zero attached hydrogens (tertiary/aromatic N) is 1. The number of carbonyl (C=O) groups is 1. The van der Waals surface area contributed by atoms with Crippen molar-refractivity contribution in [2.24, 2.45) is 17.8 Å². The lowest BCUT2D eigenvalue weighted by Gasteiger charge is -2.31. The maximum atomic E-state index is 11.2. The molecule has 1 heterocycles. The number of benzene rings is 2. The average Bonchev–Trinajstić information content (AvgIpc) is 2.78. The largest absolute Gasteiger partial charge is 0.481 e. The van der Waals surface area contributed by atoms with Gasteiger partial charge in [-0.3, -0.25) is 9.69 Å². The third-order valence-electron chi connectivity index (χ3n) is 7.55. The highest BCUT2D eigenvalue weighted by Crippen LogP contribution is 2.32. The summed E-state index contributed by atoms with van der Waals surface area (Å²) in [5, 5.41) is 11.8. The lowest BCUT2D eigenvalue weighted by atomic mass is 9.79. The quantitative estimate of drug-likeness (QED) is 0.537. The van der Waals surface area contributed by atoms with E-state index in [2.05, 4.69) is 62.1 Å². The minimum atomic E-state index is -0.640. The Kier molecular flexibility index (Phi) is 7.76. The van der Waals surface area contributed by atoms with Gasteiger partial charge in [0.25, 0.3) is 0 Å². The van der Waals surface area contributed by atoms with Crippen molar-refractivity contribution in [3.63, 3.8) is 0 Å². The summed E-state index contributed by atoms with van der Waals surface area (Å²) in [7, 11) is 0. The second-order valence-electron chi connectivity index (χ2n) is 11.4. The standard InChI is InChI=1S/C29H41NO3/c1-29(2,3)33-20-22-6-4-21(5-7-22)16-23-8-10-27-18-24(9-11-26(27)17-23)19-30-14-12-25(13-15-30)28(31)32/h8-11,17-18,21-22,25H,4-7,12-16,19-20H2,1-3H3,(H,31,32). The predicted octanol–water partition coefficient (Wildman–Crippen LogP) is 6.30. The fourth-order valence-corrected chi connectivity index (χ4v) is 5.47. The van der Waals surface area contributed by atoms with E-state index in [9.17, 15) is 9.90 Å². The molecule has 2 aromatic carbocycles. The molecule has 1 N–H and O–H groups in total. The molecule has 4 nitrogen and oxygen atoms in total. The van der Waals surface area contributed by atoms with Crippen LogP contribution in [-0.2, 0) is 22.5 Å². The van der Waals surface area contributed by atoms with Gasteiger partial charge in [0.05, 0.1) is 18.1 Å². The van der Waals surface area contributed by atoms with Crippen LogP contribution in [0, 0.1) is 17.8 Å². The molecule has 1 saturated heterocycles. The highest BCUT2D eigenvalue weighted by Gasteiger charge is 2.25. The van der Waals surface area contributed by atoms with Gasteiger partial charge in [0.1, 0.15) is 0 Å². The van der Waals surface area contributed by atoms with Gasteiger partial charge in [-0.2, -0.15) is 0 Å². The summed E-state index contributed by atoms with van der Waals surface area (Å²) in [5.74, 6) is 0.716. The molecule has 1 aliphatic carbocycles. The highest BCUT2D eigenvalue weighted by molar-refractivity contribution is 5.83. The summed E-state index contributed by atoms with van der Waals surface area (Å²) in [6.45, 7) is 10.00. The Balaban J connectivity index is 1.28. The molecule has 2 aliphatic rings. The molecule has 0 aromatic heterocycles. The zero-order valence-corrected chi connectivity index (χ0v) is 20.7. The van der Waals surface area contributed by atoms with Gasteiger partial charge in [-0.05, 0) is 119 Å². The summed E-state index contributed by atoms with van der Waals surface area (Å²) < 4.78 is 6.02. The molecule has 180 valence electrons. The van der Waals surface area contributed by atoms with E-state index < -0.39 is 5.97 Å². The number of hydrogen-bond acceptors (Lipinski definition) is 3. The minimum Gasteiger partial charge on any atom is -0.481 e. The molecule has 33 heavy (non-hydrogen) atoms. The molecule has 4 heteroatoms. The highest BCUT2D eigenvalue weighted by atomic mass is 16.5. The van der Waals surface area contributed by atoms with Crippen molar-refractivity contribution >= 4 is 16.7 Å². The number of fused-ring (bicyclic) bond motifs is 1. The smallest absolute Gasteiger partial charge is 0.306 e. The van der Waals surface area contributed by atoms with Gasteiger partial charge in [-0.15, -0.1) is 0 Å². The molecule has 1 aliphatic heterocycles. The molecule has 0 unspecified atom stereocenters. The molecule has 2 fully saturated rings. The summed E-state index contributed by atoms with van der Waals surface area (Å²) in [5.41, 5.74) is 2.75. The van der Waals surface area contributed by atoms with E-state index >= 15 is 0 Å². The van der Waals surface area contributed by atoms with Crippen molar-refractivity contribution in [2.45, 2.75) is 77.9 Å². The van der Waals surface area contributed by atoms with Crippen LogP contribution in [-0.4, -0.2) is 41.3 Å². The number of aliphatic carboxylic acids is 1. The van der Waals surface area contributed by atoms with Gasteiger partial charge < -0.3 is 9.84 Å². The number of piperidine rings is 1. The van der Waals surface area contributed by atoms with Crippen LogP contribution in [0.15, 0.2) is 36.4 Å². The lowest BCUT2D eigenvalue weighted by molar-refractivity contribution is -0.143. The first-order valence-electron chi connectivity index (χ1n) is 12.9. The Morgan fingerprint density at radius 3 is 2.09 bits per heavy atom. The molecular weight excluding hydrogens is 410 g/mol. The zero-order chi connectivity index (χ0) is 23.4. The van der Waals surface area contributed by atoms with Gasteiger partial charge in [-0.25, -0.2) is 0 Å². The zero-order valence-electron chi connectivity index (χ0n) is 20.7. The van der Waals surface area contributed by atoms with E-state index in [4.69, 9.17) is 4.74 Å². The van der Waals surface area contributed by atoms with Crippen LogP contribution >= 0.6 is 0 Å². The van der Waals surface area contributed by atoms with Gasteiger partial charge in [-0.1, -0.05) is 30.3 Å². The Morgan fingerprint density at radius 2 is 1.48 bits per heavy atom. The second kappa shape index (κ2) is 10.6. The summed E-state index contributed by atoms with van der Waals surface area (Å²) in [6.07, 6.45) is 7.92. The minimum absolute atomic E-state index is 0.0288. The fraction of sp³-hybridized carbons (Fsp3) is 0.621. The Hall–Kier alpha value is -1.91. The summed E-state index contributed by atoms with van der Waals surface area (Å²) in [4.78, 5) is 13.6. The molecule has 0 atom stereocenters. The van der Waals surface area contributed by atoms with Gasteiger partial charge >= 0.3 is 5.97 Å². The number of carboxylic acids is 1. The van der Waals surface area contributed by atoms with E-state index in [-0.39, 0.29) is 11.5 Å². The fourth-order valence-electron chi connectivity index (χ4n) is 5.47. The van der Waals surface area contributed by atoms with E-state index in [1.165, 1.54) is 54.0 Å². The molecule has 0 radical (unpaired) electrons. The SMILES string of the molecule is CC(C)(C)OCC1CCC(Cc2ccc3cc(CN4CCC(C(=O)O)CC4)ccc3c2)CC1. The van der Waals surface area contributed by atoms with Crippen molar-refractivity contribution in [1.29, 1.82) is 0 Å². The van der Waals surface area contributed by atoms with E-state index in [0.717, 1.165) is 50.9 Å². The van der Waals surface area contributed by atoms with Crippen molar-refractivity contribution in [2.75, 3.05) is 19.7 Å². The molecule has 1 saturated carbocycles. The van der Waals surface area contributed by atoms with Crippen LogP contribution in [0.25, 0.3) is 10.8 Å². The third-order valence-corrected chi connectivity index (χ3v) is 7.55. The molecule has 4 rings (SSSR count). The van der Waals surface area contributed by atoms with E-state index in [1.807, 2.05) is 0 Å². The number of carboxylic acid groups (broad SMARTS) is 1. The monoisotopic (exact) mass is 451 g/mol. The van der Waals surface area contributed by atoms with Crippen LogP contribution in [0.5, 0.6) is 0 Å². The Labute approximate surface area is 199 Å². The van der Waals surface area contributed by atoms with Gasteiger partial charge in [0, 0.05) is 6.54 Å². The van der Waals surface area contributed by atoms with Crippen molar-refractivity contribution in [1.82, 2.24) is 4.90 Å². The molecule has 2 aromatic rings. The van der Waals surface area contributed by atoms with Gasteiger partial charge in [0.15, 0.2) is 0 Å². The van der Waals surface area contributed by atoms with Crippen LogP contribution in [0.2, 0.25) is 0 Å². The Morgan fingerprint density at radius 1 is 0.909 bits per heavy atom. The van der Waals surface area contributed by atoms with Crippen LogP contribution in [0.3, 0.4) is 0 Å². The maximum absolute atomic E-state index is 11.2. The first-order chi connectivity index (χ1) is 15.7. The first-order valence-corrected chi connectivity index (χ1v) is 12.9. The normalized spacial score (nSPS) is 23.1. The van der Waals surface area contributed by atoms with Crippen LogP contribution < -0.4 is 0 Å². The van der Waals surface area contributed by atoms with Crippen molar-refractivity contribution in [3.8, 4) is 0 Å². The molecular formula is C29H41NO3. The number of rotatable bonds is 7. The topological polar surface area (TPSA) is 49.8 Å². The lowest BCUT2D eigenvalue weighted by Crippen LogP contribution is -2.35. The van der Waals surface area contributed by atoms with E-state index in [0.29, 0.717) is 0 Å². The molecule has 0 bridgehead atoms.